The van der Waals surface area contributed by atoms with Crippen LogP contribution in [-0.4, -0.2) is 61.7 Å². The van der Waals surface area contributed by atoms with E-state index in [0.717, 1.165) is 50.5 Å². The molecule has 1 amide bonds. The first-order valence-electron chi connectivity index (χ1n) is 8.29. The molecular formula is C17H26N4O2. The van der Waals surface area contributed by atoms with Crippen LogP contribution >= 0.6 is 0 Å². The number of aromatic nitrogens is 1. The number of likely N-dealkylation sites (N-methyl/N-ethyl adjacent to an activating group) is 1. The molecule has 1 unspecified atom stereocenters. The topological polar surface area (TPSA) is 57.7 Å². The van der Waals surface area contributed by atoms with Crippen LogP contribution in [-0.2, 0) is 9.53 Å². The van der Waals surface area contributed by atoms with Crippen LogP contribution in [0.2, 0.25) is 0 Å². The SMILES string of the molecule is COC(C)(C(=O)Nc1ccc(N2CCN(C)CC2)nc1)C1CC1. The summed E-state index contributed by atoms with van der Waals surface area (Å²) in [5.74, 6) is 1.20. The van der Waals surface area contributed by atoms with Crippen molar-refractivity contribution in [2.75, 3.05) is 50.6 Å². The van der Waals surface area contributed by atoms with Gasteiger partial charge in [0, 0.05) is 33.3 Å². The minimum absolute atomic E-state index is 0.0864. The Labute approximate surface area is 137 Å². The van der Waals surface area contributed by atoms with Crippen molar-refractivity contribution >= 4 is 17.4 Å². The highest BCUT2D eigenvalue weighted by atomic mass is 16.5. The van der Waals surface area contributed by atoms with Crippen molar-refractivity contribution in [1.29, 1.82) is 0 Å². The van der Waals surface area contributed by atoms with E-state index in [1.54, 1.807) is 13.3 Å². The maximum atomic E-state index is 12.5. The quantitative estimate of drug-likeness (QED) is 0.893. The molecule has 2 aliphatic rings. The molecule has 1 aromatic rings. The molecule has 6 heteroatoms. The van der Waals surface area contributed by atoms with Crippen LogP contribution in [0.25, 0.3) is 0 Å². The Balaban J connectivity index is 1.62. The molecule has 1 saturated carbocycles. The van der Waals surface area contributed by atoms with E-state index in [9.17, 15) is 4.79 Å². The van der Waals surface area contributed by atoms with Gasteiger partial charge in [0.2, 0.25) is 0 Å². The Morgan fingerprint density at radius 1 is 1.30 bits per heavy atom. The maximum absolute atomic E-state index is 12.5. The summed E-state index contributed by atoms with van der Waals surface area (Å²) in [4.78, 5) is 21.6. The van der Waals surface area contributed by atoms with Crippen molar-refractivity contribution in [2.24, 2.45) is 5.92 Å². The monoisotopic (exact) mass is 318 g/mol. The molecule has 126 valence electrons. The van der Waals surface area contributed by atoms with Gasteiger partial charge in [-0.05, 0) is 44.9 Å². The predicted octanol–water partition coefficient (Wildman–Crippen LogP) is 1.59. The number of methoxy groups -OCH3 is 1. The summed E-state index contributed by atoms with van der Waals surface area (Å²) >= 11 is 0. The van der Waals surface area contributed by atoms with E-state index in [4.69, 9.17) is 4.74 Å². The fraction of sp³-hybridized carbons (Fsp3) is 0.647. The maximum Gasteiger partial charge on any atom is 0.256 e. The van der Waals surface area contributed by atoms with Crippen LogP contribution in [0.15, 0.2) is 18.3 Å². The highest BCUT2D eigenvalue weighted by Gasteiger charge is 2.47. The number of carbonyl (C=O) groups excluding carboxylic acids is 1. The van der Waals surface area contributed by atoms with Crippen LogP contribution in [0.3, 0.4) is 0 Å². The fourth-order valence-electron chi connectivity index (χ4n) is 3.02. The predicted molar refractivity (Wildman–Crippen MR) is 90.7 cm³/mol. The molecule has 3 rings (SSSR count). The third kappa shape index (κ3) is 3.48. The first-order valence-corrected chi connectivity index (χ1v) is 8.29. The van der Waals surface area contributed by atoms with Crippen molar-refractivity contribution in [3.05, 3.63) is 18.3 Å². The fourth-order valence-corrected chi connectivity index (χ4v) is 3.02. The molecule has 6 nitrogen and oxygen atoms in total. The molecule has 1 aromatic heterocycles. The number of carbonyl (C=O) groups is 1. The average Bonchev–Trinajstić information content (AvgIpc) is 3.41. The minimum Gasteiger partial charge on any atom is -0.368 e. The zero-order valence-corrected chi connectivity index (χ0v) is 14.2. The van der Waals surface area contributed by atoms with Crippen LogP contribution < -0.4 is 10.2 Å². The van der Waals surface area contributed by atoms with E-state index < -0.39 is 5.60 Å². The zero-order chi connectivity index (χ0) is 16.4. The van der Waals surface area contributed by atoms with Gasteiger partial charge >= 0.3 is 0 Å². The van der Waals surface area contributed by atoms with Gasteiger partial charge in [0.25, 0.3) is 5.91 Å². The van der Waals surface area contributed by atoms with Crippen molar-refractivity contribution in [1.82, 2.24) is 9.88 Å². The smallest absolute Gasteiger partial charge is 0.256 e. The molecule has 2 heterocycles. The molecule has 0 radical (unpaired) electrons. The number of hydrogen-bond acceptors (Lipinski definition) is 5. The number of hydrogen-bond donors (Lipinski definition) is 1. The number of ether oxygens (including phenoxy) is 1. The first-order chi connectivity index (χ1) is 11.0. The van der Waals surface area contributed by atoms with Gasteiger partial charge < -0.3 is 19.9 Å². The number of amides is 1. The number of rotatable bonds is 5. The van der Waals surface area contributed by atoms with Crippen LogP contribution in [0, 0.1) is 5.92 Å². The molecule has 1 aliphatic heterocycles. The van der Waals surface area contributed by atoms with Crippen LogP contribution in [0.4, 0.5) is 11.5 Å². The number of nitrogens with zero attached hydrogens (tertiary/aromatic N) is 3. The van der Waals surface area contributed by atoms with Gasteiger partial charge in [-0.25, -0.2) is 4.98 Å². The Hall–Kier alpha value is -1.66. The molecule has 1 atom stereocenters. The number of anilines is 2. The second kappa shape index (κ2) is 6.45. The highest BCUT2D eigenvalue weighted by molar-refractivity contribution is 5.97. The summed E-state index contributed by atoms with van der Waals surface area (Å²) in [6, 6.07) is 3.89. The normalized spacial score (nSPS) is 21.8. The van der Waals surface area contributed by atoms with Crippen molar-refractivity contribution in [2.45, 2.75) is 25.4 Å². The van der Waals surface area contributed by atoms with E-state index in [2.05, 4.69) is 27.1 Å². The lowest BCUT2D eigenvalue weighted by Crippen LogP contribution is -2.45. The Bertz CT molecular complexity index is 550. The van der Waals surface area contributed by atoms with E-state index in [1.807, 2.05) is 19.1 Å². The lowest BCUT2D eigenvalue weighted by molar-refractivity contribution is -0.138. The van der Waals surface area contributed by atoms with Gasteiger partial charge in [-0.3, -0.25) is 4.79 Å². The van der Waals surface area contributed by atoms with Gasteiger partial charge in [-0.2, -0.15) is 0 Å². The van der Waals surface area contributed by atoms with Crippen molar-refractivity contribution in [3.63, 3.8) is 0 Å². The molecule has 0 spiro atoms. The van der Waals surface area contributed by atoms with Crippen molar-refractivity contribution < 1.29 is 9.53 Å². The third-order valence-electron chi connectivity index (χ3n) is 5.06. The highest BCUT2D eigenvalue weighted by Crippen LogP contribution is 2.42. The number of nitrogens with one attached hydrogen (secondary N) is 1. The molecular weight excluding hydrogens is 292 g/mol. The number of piperazine rings is 1. The lowest BCUT2D eigenvalue weighted by Gasteiger charge is -2.33. The molecule has 1 saturated heterocycles. The molecule has 2 fully saturated rings. The van der Waals surface area contributed by atoms with Crippen LogP contribution in [0.5, 0.6) is 0 Å². The third-order valence-corrected chi connectivity index (χ3v) is 5.06. The summed E-state index contributed by atoms with van der Waals surface area (Å²) in [5, 5.41) is 2.94. The average molecular weight is 318 g/mol. The molecule has 23 heavy (non-hydrogen) atoms. The molecule has 1 N–H and O–H groups in total. The van der Waals surface area contributed by atoms with Gasteiger partial charge in [0.05, 0.1) is 11.9 Å². The second-order valence-corrected chi connectivity index (χ2v) is 6.73. The minimum atomic E-state index is -0.740. The van der Waals surface area contributed by atoms with Gasteiger partial charge in [0.15, 0.2) is 0 Å². The summed E-state index contributed by atoms with van der Waals surface area (Å²) in [7, 11) is 3.74. The van der Waals surface area contributed by atoms with E-state index in [-0.39, 0.29) is 5.91 Å². The first kappa shape index (κ1) is 16.2. The van der Waals surface area contributed by atoms with E-state index in [1.165, 1.54) is 0 Å². The second-order valence-electron chi connectivity index (χ2n) is 6.73. The van der Waals surface area contributed by atoms with Crippen molar-refractivity contribution in [3.8, 4) is 0 Å². The van der Waals surface area contributed by atoms with E-state index >= 15 is 0 Å². The number of pyridine rings is 1. The van der Waals surface area contributed by atoms with Gasteiger partial charge in [-0.1, -0.05) is 0 Å². The Kier molecular flexibility index (Phi) is 4.55. The molecule has 1 aliphatic carbocycles. The summed E-state index contributed by atoms with van der Waals surface area (Å²) in [6.45, 7) is 5.94. The standard InChI is InChI=1S/C17H26N4O2/c1-17(23-3,13-4-5-13)16(22)19-14-6-7-15(18-12-14)21-10-8-20(2)9-11-21/h6-7,12-13H,4-5,8-11H2,1-3H3,(H,19,22). The lowest BCUT2D eigenvalue weighted by atomic mass is 9.99. The Morgan fingerprint density at radius 3 is 2.52 bits per heavy atom. The largest absolute Gasteiger partial charge is 0.368 e. The summed E-state index contributed by atoms with van der Waals surface area (Å²) in [5.41, 5.74) is -0.0207. The van der Waals surface area contributed by atoms with E-state index in [0.29, 0.717) is 5.92 Å². The Morgan fingerprint density at radius 2 is 2.00 bits per heavy atom. The van der Waals surface area contributed by atoms with Gasteiger partial charge in [-0.15, -0.1) is 0 Å². The molecule has 0 aromatic carbocycles. The van der Waals surface area contributed by atoms with Crippen LogP contribution in [0.1, 0.15) is 19.8 Å². The zero-order valence-electron chi connectivity index (χ0n) is 14.2. The summed E-state index contributed by atoms with van der Waals surface area (Å²) < 4.78 is 5.48. The molecule has 0 bridgehead atoms. The van der Waals surface area contributed by atoms with Gasteiger partial charge in [0.1, 0.15) is 11.4 Å². The summed E-state index contributed by atoms with van der Waals surface area (Å²) in [6.07, 6.45) is 3.84.